The van der Waals surface area contributed by atoms with Crippen LogP contribution in [0.25, 0.3) is 5.76 Å². The summed E-state index contributed by atoms with van der Waals surface area (Å²) in [5.41, 5.74) is 1.13. The maximum absolute atomic E-state index is 13.1. The number of nitrogens with zero attached hydrogens (tertiary/aromatic N) is 2. The van der Waals surface area contributed by atoms with Crippen LogP contribution < -0.4 is 4.74 Å². The number of amides is 1. The van der Waals surface area contributed by atoms with Crippen molar-refractivity contribution in [2.45, 2.75) is 33.2 Å². The number of aliphatic hydroxyl groups is 1. The summed E-state index contributed by atoms with van der Waals surface area (Å²) in [5.74, 6) is -0.815. The second kappa shape index (κ2) is 11.0. The Morgan fingerprint density at radius 3 is 2.21 bits per heavy atom. The molecule has 0 saturated carbocycles. The van der Waals surface area contributed by atoms with Crippen molar-refractivity contribution in [3.8, 4) is 11.5 Å². The van der Waals surface area contributed by atoms with Crippen LogP contribution in [0.2, 0.25) is 0 Å². The number of rotatable bonds is 10. The number of ether oxygens (including phenoxy) is 1. The van der Waals surface area contributed by atoms with Gasteiger partial charge in [0.2, 0.25) is 0 Å². The average Bonchev–Trinajstić information content (AvgIpc) is 3.08. The van der Waals surface area contributed by atoms with Crippen molar-refractivity contribution in [2.24, 2.45) is 0 Å². The Balaban J connectivity index is 2.02. The number of phenolic OH excluding ortho intramolecular Hbond substituents is 1. The van der Waals surface area contributed by atoms with Gasteiger partial charge < -0.3 is 24.7 Å². The summed E-state index contributed by atoms with van der Waals surface area (Å²) in [6.07, 6.45) is 0.880. The lowest BCUT2D eigenvalue weighted by molar-refractivity contribution is -0.140. The highest BCUT2D eigenvalue weighted by molar-refractivity contribution is 6.46. The van der Waals surface area contributed by atoms with Gasteiger partial charge in [0, 0.05) is 18.7 Å². The molecule has 3 rings (SSSR count). The van der Waals surface area contributed by atoms with Crippen LogP contribution in [0.5, 0.6) is 11.5 Å². The van der Waals surface area contributed by atoms with E-state index in [1.165, 1.54) is 17.0 Å². The molecule has 2 N–H and O–H groups in total. The lowest BCUT2D eigenvalue weighted by Crippen LogP contribution is -2.38. The van der Waals surface area contributed by atoms with E-state index in [-0.39, 0.29) is 17.1 Å². The molecule has 2 aromatic rings. The zero-order valence-corrected chi connectivity index (χ0v) is 19.5. The van der Waals surface area contributed by atoms with Gasteiger partial charge in [0.1, 0.15) is 17.3 Å². The Morgan fingerprint density at radius 1 is 1.00 bits per heavy atom. The molecule has 7 heteroatoms. The number of hydrogen-bond acceptors (Lipinski definition) is 6. The van der Waals surface area contributed by atoms with Crippen LogP contribution >= 0.6 is 0 Å². The SMILES string of the molecule is CCCOc1ccc(C(O)=C2C(=O)C(=O)N(CCN(CC)CC)[C@@H]2c2ccc(O)cc2)cc1. The van der Waals surface area contributed by atoms with E-state index in [2.05, 4.69) is 4.90 Å². The zero-order chi connectivity index (χ0) is 24.0. The monoisotopic (exact) mass is 452 g/mol. The summed E-state index contributed by atoms with van der Waals surface area (Å²) in [6, 6.07) is 12.5. The topological polar surface area (TPSA) is 90.3 Å². The van der Waals surface area contributed by atoms with Crippen molar-refractivity contribution in [1.29, 1.82) is 0 Å². The molecular formula is C26H32N2O5. The van der Waals surface area contributed by atoms with Crippen LogP contribution in [0, 0.1) is 0 Å². The molecule has 0 spiro atoms. The molecule has 1 aliphatic heterocycles. The summed E-state index contributed by atoms with van der Waals surface area (Å²) in [6.45, 7) is 9.31. The predicted molar refractivity (Wildman–Crippen MR) is 127 cm³/mol. The highest BCUT2D eigenvalue weighted by Crippen LogP contribution is 2.39. The van der Waals surface area contributed by atoms with Gasteiger partial charge in [0.15, 0.2) is 0 Å². The molecule has 0 aliphatic carbocycles. The average molecular weight is 453 g/mol. The van der Waals surface area contributed by atoms with E-state index in [0.29, 0.717) is 36.6 Å². The summed E-state index contributed by atoms with van der Waals surface area (Å²) in [4.78, 5) is 29.8. The molecule has 176 valence electrons. The van der Waals surface area contributed by atoms with Gasteiger partial charge in [-0.25, -0.2) is 0 Å². The summed E-state index contributed by atoms with van der Waals surface area (Å²) >= 11 is 0. The van der Waals surface area contributed by atoms with Crippen LogP contribution in [0.4, 0.5) is 0 Å². The fourth-order valence-corrected chi connectivity index (χ4v) is 3.99. The molecule has 1 fully saturated rings. The summed E-state index contributed by atoms with van der Waals surface area (Å²) in [7, 11) is 0. The minimum atomic E-state index is -0.739. The molecule has 0 bridgehead atoms. The van der Waals surface area contributed by atoms with Gasteiger partial charge in [-0.2, -0.15) is 0 Å². The number of benzene rings is 2. The number of likely N-dealkylation sites (N-methyl/N-ethyl adjacent to an activating group) is 1. The maximum Gasteiger partial charge on any atom is 0.295 e. The van der Waals surface area contributed by atoms with Crippen molar-refractivity contribution in [3.63, 3.8) is 0 Å². The molecule has 1 atom stereocenters. The van der Waals surface area contributed by atoms with E-state index in [9.17, 15) is 19.8 Å². The molecule has 1 aliphatic rings. The van der Waals surface area contributed by atoms with Crippen molar-refractivity contribution < 1.29 is 24.5 Å². The van der Waals surface area contributed by atoms with E-state index < -0.39 is 17.7 Å². The molecule has 1 amide bonds. The fourth-order valence-electron chi connectivity index (χ4n) is 3.99. The van der Waals surface area contributed by atoms with Gasteiger partial charge in [-0.15, -0.1) is 0 Å². The second-order valence-corrected chi connectivity index (χ2v) is 7.98. The maximum atomic E-state index is 13.1. The van der Waals surface area contributed by atoms with E-state index >= 15 is 0 Å². The van der Waals surface area contributed by atoms with Gasteiger partial charge in [0.25, 0.3) is 11.7 Å². The number of likely N-dealkylation sites (tertiary alicyclic amines) is 1. The molecule has 0 radical (unpaired) electrons. The van der Waals surface area contributed by atoms with Crippen LogP contribution in [0.15, 0.2) is 54.1 Å². The quantitative estimate of drug-likeness (QED) is 0.322. The first-order valence-corrected chi connectivity index (χ1v) is 11.4. The smallest absolute Gasteiger partial charge is 0.295 e. The first-order valence-electron chi connectivity index (χ1n) is 11.4. The van der Waals surface area contributed by atoms with E-state index in [1.54, 1.807) is 36.4 Å². The number of Topliss-reactive ketones (excluding diaryl/α,β-unsaturated/α-hetero) is 1. The first kappa shape index (κ1) is 24.3. The van der Waals surface area contributed by atoms with Gasteiger partial charge in [-0.3, -0.25) is 9.59 Å². The molecule has 7 nitrogen and oxygen atoms in total. The van der Waals surface area contributed by atoms with Gasteiger partial charge in [-0.05, 0) is 61.5 Å². The molecular weight excluding hydrogens is 420 g/mol. The summed E-state index contributed by atoms with van der Waals surface area (Å²) in [5, 5.41) is 20.9. The van der Waals surface area contributed by atoms with Gasteiger partial charge in [-0.1, -0.05) is 32.9 Å². The summed E-state index contributed by atoms with van der Waals surface area (Å²) < 4.78 is 5.59. The van der Waals surface area contributed by atoms with Gasteiger partial charge >= 0.3 is 0 Å². The van der Waals surface area contributed by atoms with E-state index in [0.717, 1.165) is 19.5 Å². The molecule has 2 aromatic carbocycles. The largest absolute Gasteiger partial charge is 0.508 e. The third kappa shape index (κ3) is 5.37. The Labute approximate surface area is 194 Å². The van der Waals surface area contributed by atoms with Crippen LogP contribution in [0.1, 0.15) is 44.4 Å². The van der Waals surface area contributed by atoms with Crippen molar-refractivity contribution in [2.75, 3.05) is 32.8 Å². The number of hydrogen-bond donors (Lipinski definition) is 2. The number of ketones is 1. The standard InChI is InChI=1S/C26H32N2O5/c1-4-17-33-21-13-9-19(10-14-21)24(30)22-23(18-7-11-20(29)12-8-18)28(26(32)25(22)31)16-15-27(5-2)6-3/h7-14,23,29-30H,4-6,15-17H2,1-3H3/t23-/m1/s1. The van der Waals surface area contributed by atoms with Crippen LogP contribution in [-0.4, -0.2) is 64.5 Å². The highest BCUT2D eigenvalue weighted by atomic mass is 16.5. The molecule has 1 heterocycles. The molecule has 1 saturated heterocycles. The van der Waals surface area contributed by atoms with Crippen molar-refractivity contribution in [3.05, 3.63) is 65.2 Å². The van der Waals surface area contributed by atoms with Crippen LogP contribution in [-0.2, 0) is 9.59 Å². The first-order chi connectivity index (χ1) is 15.9. The fraction of sp³-hybridized carbons (Fsp3) is 0.385. The Kier molecular flexibility index (Phi) is 8.11. The third-order valence-electron chi connectivity index (χ3n) is 5.90. The number of aromatic hydroxyl groups is 1. The molecule has 33 heavy (non-hydrogen) atoms. The highest BCUT2D eigenvalue weighted by Gasteiger charge is 2.45. The predicted octanol–water partition coefficient (Wildman–Crippen LogP) is 3.94. The van der Waals surface area contributed by atoms with E-state index in [1.807, 2.05) is 20.8 Å². The van der Waals surface area contributed by atoms with E-state index in [4.69, 9.17) is 4.74 Å². The third-order valence-corrected chi connectivity index (χ3v) is 5.90. The van der Waals surface area contributed by atoms with Crippen molar-refractivity contribution >= 4 is 17.4 Å². The number of carbonyl (C=O) groups is 2. The molecule has 0 aromatic heterocycles. The minimum Gasteiger partial charge on any atom is -0.508 e. The molecule has 0 unspecified atom stereocenters. The Bertz CT molecular complexity index is 994. The lowest BCUT2D eigenvalue weighted by Gasteiger charge is -2.28. The number of phenols is 1. The number of carbonyl (C=O) groups excluding carboxylic acids is 2. The Hall–Kier alpha value is -3.32. The normalized spacial score (nSPS) is 17.7. The Morgan fingerprint density at radius 2 is 1.64 bits per heavy atom. The van der Waals surface area contributed by atoms with Gasteiger partial charge in [0.05, 0.1) is 18.2 Å². The van der Waals surface area contributed by atoms with Crippen LogP contribution in [0.3, 0.4) is 0 Å². The minimum absolute atomic E-state index is 0.0486. The number of aliphatic hydroxyl groups excluding tert-OH is 1. The second-order valence-electron chi connectivity index (χ2n) is 7.98. The lowest BCUT2D eigenvalue weighted by atomic mass is 9.95. The zero-order valence-electron chi connectivity index (χ0n) is 19.5. The van der Waals surface area contributed by atoms with Crippen molar-refractivity contribution in [1.82, 2.24) is 9.80 Å².